The van der Waals surface area contributed by atoms with Gasteiger partial charge in [-0.15, -0.1) is 0 Å². The zero-order valence-electron chi connectivity index (χ0n) is 15.8. The van der Waals surface area contributed by atoms with Crippen molar-refractivity contribution in [2.45, 2.75) is 6.92 Å². The van der Waals surface area contributed by atoms with E-state index in [2.05, 4.69) is 20.5 Å². The van der Waals surface area contributed by atoms with E-state index in [9.17, 15) is 4.79 Å². The molecule has 1 aliphatic heterocycles. The molecule has 2 N–H and O–H groups in total. The van der Waals surface area contributed by atoms with Crippen LogP contribution in [0.1, 0.15) is 15.9 Å². The fraction of sp³-hybridized carbons (Fsp3) is 0.400. The van der Waals surface area contributed by atoms with E-state index in [0.29, 0.717) is 22.8 Å². The number of carbonyl (C=O) groups excluding carboxylic acids is 1. The van der Waals surface area contributed by atoms with Crippen LogP contribution in [-0.4, -0.2) is 62.3 Å². The molecule has 7 nitrogen and oxygen atoms in total. The molecule has 0 unspecified atom stereocenters. The molecule has 1 saturated heterocycles. The molecule has 2 heterocycles. The number of benzene rings is 1. The maximum Gasteiger partial charge on any atom is 0.255 e. The largest absolute Gasteiger partial charge is 0.495 e. The average molecular weight is 370 g/mol. The van der Waals surface area contributed by atoms with Gasteiger partial charge in [-0.05, 0) is 36.8 Å². The van der Waals surface area contributed by atoms with Crippen LogP contribution < -0.4 is 15.4 Å². The number of methoxy groups -OCH3 is 1. The van der Waals surface area contributed by atoms with Gasteiger partial charge in [0.2, 0.25) is 0 Å². The Bertz CT molecular complexity index is 776. The highest BCUT2D eigenvalue weighted by molar-refractivity contribution is 6.05. The van der Waals surface area contributed by atoms with Gasteiger partial charge in [-0.25, -0.2) is 4.98 Å². The second-order valence-electron chi connectivity index (χ2n) is 6.47. The first-order chi connectivity index (χ1) is 13.2. The van der Waals surface area contributed by atoms with Crippen LogP contribution >= 0.6 is 0 Å². The molecular weight excluding hydrogens is 344 g/mol. The van der Waals surface area contributed by atoms with E-state index in [-0.39, 0.29) is 5.91 Å². The normalized spacial score (nSPS) is 14.6. The van der Waals surface area contributed by atoms with Crippen LogP contribution in [0.3, 0.4) is 0 Å². The minimum Gasteiger partial charge on any atom is -0.495 e. The second kappa shape index (κ2) is 9.34. The summed E-state index contributed by atoms with van der Waals surface area (Å²) in [6.07, 6.45) is 1.64. The van der Waals surface area contributed by atoms with E-state index in [4.69, 9.17) is 9.47 Å². The molecule has 3 rings (SSSR count). The van der Waals surface area contributed by atoms with E-state index >= 15 is 0 Å². The summed E-state index contributed by atoms with van der Waals surface area (Å²) in [5.74, 6) is 1.12. The Morgan fingerprint density at radius 1 is 1.26 bits per heavy atom. The first-order valence-corrected chi connectivity index (χ1v) is 9.12. The quantitative estimate of drug-likeness (QED) is 0.780. The summed E-state index contributed by atoms with van der Waals surface area (Å²) in [6, 6.07) is 9.13. The molecule has 0 radical (unpaired) electrons. The predicted molar refractivity (Wildman–Crippen MR) is 106 cm³/mol. The van der Waals surface area contributed by atoms with E-state index in [1.54, 1.807) is 25.4 Å². The van der Waals surface area contributed by atoms with Crippen LogP contribution in [0.2, 0.25) is 0 Å². The van der Waals surface area contributed by atoms with Gasteiger partial charge >= 0.3 is 0 Å². The van der Waals surface area contributed by atoms with E-state index in [1.807, 2.05) is 25.1 Å². The standard InChI is InChI=1S/C20H26N4O3/c1-15-3-4-18(26-2)17(13-15)23-20(25)16-5-6-21-19(14-16)22-7-8-24-9-11-27-12-10-24/h3-6,13-14H,7-12H2,1-2H3,(H,21,22)(H,23,25). The van der Waals surface area contributed by atoms with Crippen molar-refractivity contribution in [1.29, 1.82) is 0 Å². The molecular formula is C20H26N4O3. The van der Waals surface area contributed by atoms with Crippen LogP contribution in [0.5, 0.6) is 5.75 Å². The molecule has 1 aromatic carbocycles. The Labute approximate surface area is 159 Å². The summed E-state index contributed by atoms with van der Waals surface area (Å²) >= 11 is 0. The summed E-state index contributed by atoms with van der Waals surface area (Å²) in [5.41, 5.74) is 2.25. The van der Waals surface area contributed by atoms with Crippen molar-refractivity contribution in [1.82, 2.24) is 9.88 Å². The van der Waals surface area contributed by atoms with Gasteiger partial charge in [0.25, 0.3) is 5.91 Å². The number of aryl methyl sites for hydroxylation is 1. The monoisotopic (exact) mass is 370 g/mol. The molecule has 2 aromatic rings. The zero-order chi connectivity index (χ0) is 19.1. The highest BCUT2D eigenvalue weighted by Crippen LogP contribution is 2.25. The Morgan fingerprint density at radius 2 is 2.07 bits per heavy atom. The molecule has 0 saturated carbocycles. The molecule has 0 atom stereocenters. The van der Waals surface area contributed by atoms with Gasteiger partial charge in [0, 0.05) is 37.9 Å². The summed E-state index contributed by atoms with van der Waals surface area (Å²) in [7, 11) is 1.59. The highest BCUT2D eigenvalue weighted by atomic mass is 16.5. The number of hydrogen-bond donors (Lipinski definition) is 2. The van der Waals surface area contributed by atoms with Crippen molar-refractivity contribution < 1.29 is 14.3 Å². The van der Waals surface area contributed by atoms with Crippen LogP contribution in [0.4, 0.5) is 11.5 Å². The van der Waals surface area contributed by atoms with E-state index in [1.165, 1.54) is 0 Å². The lowest BCUT2D eigenvalue weighted by molar-refractivity contribution is 0.0398. The Kier molecular flexibility index (Phi) is 6.62. The van der Waals surface area contributed by atoms with Gasteiger partial charge in [-0.2, -0.15) is 0 Å². The van der Waals surface area contributed by atoms with Gasteiger partial charge in [-0.1, -0.05) is 6.07 Å². The van der Waals surface area contributed by atoms with Gasteiger partial charge in [0.15, 0.2) is 0 Å². The van der Waals surface area contributed by atoms with Crippen LogP contribution in [0, 0.1) is 6.92 Å². The Balaban J connectivity index is 1.59. The minimum atomic E-state index is -0.197. The van der Waals surface area contributed by atoms with E-state index < -0.39 is 0 Å². The number of aromatic nitrogens is 1. The molecule has 1 aliphatic rings. The van der Waals surface area contributed by atoms with Crippen molar-refractivity contribution in [2.24, 2.45) is 0 Å². The smallest absolute Gasteiger partial charge is 0.255 e. The maximum atomic E-state index is 12.6. The lowest BCUT2D eigenvalue weighted by Gasteiger charge is -2.26. The molecule has 0 bridgehead atoms. The number of morpholine rings is 1. The Morgan fingerprint density at radius 3 is 2.85 bits per heavy atom. The lowest BCUT2D eigenvalue weighted by Crippen LogP contribution is -2.39. The molecule has 1 amide bonds. The van der Waals surface area contributed by atoms with Crippen molar-refractivity contribution in [3.63, 3.8) is 0 Å². The van der Waals surface area contributed by atoms with Gasteiger partial charge in [0.1, 0.15) is 11.6 Å². The molecule has 144 valence electrons. The number of rotatable bonds is 7. The number of ether oxygens (including phenoxy) is 2. The maximum absolute atomic E-state index is 12.6. The highest BCUT2D eigenvalue weighted by Gasteiger charge is 2.12. The number of nitrogens with zero attached hydrogens (tertiary/aromatic N) is 2. The van der Waals surface area contributed by atoms with Crippen molar-refractivity contribution in [3.8, 4) is 5.75 Å². The summed E-state index contributed by atoms with van der Waals surface area (Å²) < 4.78 is 10.7. The number of pyridine rings is 1. The molecule has 27 heavy (non-hydrogen) atoms. The lowest BCUT2D eigenvalue weighted by atomic mass is 10.2. The van der Waals surface area contributed by atoms with Crippen LogP contribution in [0.15, 0.2) is 36.5 Å². The van der Waals surface area contributed by atoms with Gasteiger partial charge < -0.3 is 20.1 Å². The second-order valence-corrected chi connectivity index (χ2v) is 6.47. The fourth-order valence-corrected chi connectivity index (χ4v) is 2.95. The molecule has 0 spiro atoms. The molecule has 1 aromatic heterocycles. The fourth-order valence-electron chi connectivity index (χ4n) is 2.95. The van der Waals surface area contributed by atoms with Crippen LogP contribution in [-0.2, 0) is 4.74 Å². The first-order valence-electron chi connectivity index (χ1n) is 9.12. The average Bonchev–Trinajstić information content (AvgIpc) is 2.69. The van der Waals surface area contributed by atoms with E-state index in [0.717, 1.165) is 45.0 Å². The summed E-state index contributed by atoms with van der Waals surface area (Å²) in [5, 5.41) is 6.20. The van der Waals surface area contributed by atoms with Crippen LogP contribution in [0.25, 0.3) is 0 Å². The number of hydrogen-bond acceptors (Lipinski definition) is 6. The van der Waals surface area contributed by atoms with Crippen molar-refractivity contribution in [2.75, 3.05) is 57.1 Å². The van der Waals surface area contributed by atoms with Crippen molar-refractivity contribution >= 4 is 17.4 Å². The zero-order valence-corrected chi connectivity index (χ0v) is 15.8. The third-order valence-corrected chi connectivity index (χ3v) is 4.46. The third-order valence-electron chi connectivity index (χ3n) is 4.46. The summed E-state index contributed by atoms with van der Waals surface area (Å²) in [6.45, 7) is 7.14. The summed E-state index contributed by atoms with van der Waals surface area (Å²) in [4.78, 5) is 19.3. The number of amides is 1. The number of anilines is 2. The van der Waals surface area contributed by atoms with Crippen molar-refractivity contribution in [3.05, 3.63) is 47.7 Å². The predicted octanol–water partition coefficient (Wildman–Crippen LogP) is 2.40. The topological polar surface area (TPSA) is 75.7 Å². The van der Waals surface area contributed by atoms with Gasteiger partial charge in [0.05, 0.1) is 26.0 Å². The first kappa shape index (κ1) is 19.1. The Hall–Kier alpha value is -2.64. The van der Waals surface area contributed by atoms with Gasteiger partial charge in [-0.3, -0.25) is 9.69 Å². The molecule has 1 fully saturated rings. The minimum absolute atomic E-state index is 0.197. The third kappa shape index (κ3) is 5.42. The SMILES string of the molecule is COc1ccc(C)cc1NC(=O)c1ccnc(NCCN2CCOCC2)c1. The molecule has 7 heteroatoms. The molecule has 0 aliphatic carbocycles. The number of nitrogens with one attached hydrogen (secondary N) is 2. The number of carbonyl (C=O) groups is 1.